The molecular weight excluding hydrogens is 431 g/mol. The van der Waals surface area contributed by atoms with Crippen LogP contribution in [0.2, 0.25) is 5.15 Å². The maximum atomic E-state index is 13.7. The van der Waals surface area contributed by atoms with Gasteiger partial charge in [-0.25, -0.2) is 14.1 Å². The smallest absolute Gasteiger partial charge is 0.196 e. The van der Waals surface area contributed by atoms with Crippen LogP contribution in [-0.2, 0) is 0 Å². The van der Waals surface area contributed by atoms with Crippen molar-refractivity contribution in [3.05, 3.63) is 74.4 Å². The topological polar surface area (TPSA) is 73.0 Å². The van der Waals surface area contributed by atoms with E-state index in [9.17, 15) is 9.18 Å². The van der Waals surface area contributed by atoms with E-state index in [1.807, 2.05) is 39.0 Å². The molecule has 0 amide bonds. The van der Waals surface area contributed by atoms with Gasteiger partial charge in [-0.05, 0) is 58.4 Å². The van der Waals surface area contributed by atoms with E-state index in [-0.39, 0.29) is 11.5 Å². The van der Waals surface area contributed by atoms with Crippen LogP contribution in [0, 0.1) is 20.8 Å². The Kier molecular flexibility index (Phi) is 5.77. The lowest BCUT2D eigenvalue weighted by Crippen LogP contribution is -2.13. The molecule has 4 aromatic rings. The molecule has 0 fully saturated rings. The van der Waals surface area contributed by atoms with Gasteiger partial charge in [0.1, 0.15) is 16.5 Å². The van der Waals surface area contributed by atoms with Crippen LogP contribution in [0.1, 0.15) is 48.6 Å². The van der Waals surface area contributed by atoms with Crippen molar-refractivity contribution in [2.45, 2.75) is 47.0 Å². The van der Waals surface area contributed by atoms with Gasteiger partial charge in [-0.15, -0.1) is 0 Å². The zero-order valence-corrected chi connectivity index (χ0v) is 19.3. The molecule has 0 saturated heterocycles. The summed E-state index contributed by atoms with van der Waals surface area (Å²) >= 11 is 5.98. The Morgan fingerprint density at radius 3 is 2.59 bits per heavy atom. The van der Waals surface area contributed by atoms with Gasteiger partial charge in [0, 0.05) is 17.3 Å². The molecule has 0 aliphatic heterocycles. The first-order chi connectivity index (χ1) is 15.2. The SMILES string of the molecule is Cc1cc([C@@H](C)Nc2ccc(Cl)nc2C)c2oc(-c3cnn(C(C)F)c3)c(C)c(=O)c2c1. The molecule has 0 radical (unpaired) electrons. The predicted octanol–water partition coefficient (Wildman–Crippen LogP) is 6.29. The molecule has 0 spiro atoms. The molecule has 0 saturated carbocycles. The van der Waals surface area contributed by atoms with Crippen LogP contribution in [0.25, 0.3) is 22.3 Å². The molecule has 0 bridgehead atoms. The van der Waals surface area contributed by atoms with Crippen LogP contribution in [0.3, 0.4) is 0 Å². The first-order valence-corrected chi connectivity index (χ1v) is 10.7. The van der Waals surface area contributed by atoms with Crippen molar-refractivity contribution >= 4 is 28.3 Å². The van der Waals surface area contributed by atoms with Crippen molar-refractivity contribution in [1.82, 2.24) is 14.8 Å². The van der Waals surface area contributed by atoms with E-state index < -0.39 is 6.30 Å². The summed E-state index contributed by atoms with van der Waals surface area (Å²) in [6, 6.07) is 7.23. The Balaban J connectivity index is 1.86. The molecule has 3 aromatic heterocycles. The number of pyridine rings is 1. The average molecular weight is 455 g/mol. The molecule has 0 aliphatic rings. The molecule has 1 N–H and O–H groups in total. The van der Waals surface area contributed by atoms with Gasteiger partial charge >= 0.3 is 0 Å². The maximum Gasteiger partial charge on any atom is 0.196 e. The average Bonchev–Trinajstić information content (AvgIpc) is 3.23. The summed E-state index contributed by atoms with van der Waals surface area (Å²) in [5.41, 5.74) is 4.76. The minimum absolute atomic E-state index is 0.121. The monoisotopic (exact) mass is 454 g/mol. The van der Waals surface area contributed by atoms with Crippen LogP contribution in [0.4, 0.5) is 10.1 Å². The first kappa shape index (κ1) is 22.0. The number of nitrogens with zero attached hydrogens (tertiary/aromatic N) is 3. The fraction of sp³-hybridized carbons (Fsp3) is 0.292. The maximum absolute atomic E-state index is 13.7. The molecule has 3 heterocycles. The number of alkyl halides is 1. The van der Waals surface area contributed by atoms with Gasteiger partial charge in [0.2, 0.25) is 0 Å². The van der Waals surface area contributed by atoms with Crippen molar-refractivity contribution in [3.63, 3.8) is 0 Å². The van der Waals surface area contributed by atoms with Gasteiger partial charge in [-0.2, -0.15) is 5.10 Å². The summed E-state index contributed by atoms with van der Waals surface area (Å²) in [6.07, 6.45) is 1.76. The van der Waals surface area contributed by atoms with Crippen LogP contribution in [-0.4, -0.2) is 14.8 Å². The summed E-state index contributed by atoms with van der Waals surface area (Å²) in [5, 5.41) is 8.41. The van der Waals surface area contributed by atoms with Crippen molar-refractivity contribution in [2.75, 3.05) is 5.32 Å². The highest BCUT2D eigenvalue weighted by Gasteiger charge is 2.20. The van der Waals surface area contributed by atoms with Crippen molar-refractivity contribution in [2.24, 2.45) is 0 Å². The molecule has 2 atom stereocenters. The Morgan fingerprint density at radius 1 is 1.19 bits per heavy atom. The Morgan fingerprint density at radius 2 is 1.94 bits per heavy atom. The lowest BCUT2D eigenvalue weighted by Gasteiger charge is -2.19. The summed E-state index contributed by atoms with van der Waals surface area (Å²) < 4.78 is 21.1. The van der Waals surface area contributed by atoms with Gasteiger partial charge in [0.25, 0.3) is 0 Å². The van der Waals surface area contributed by atoms with Gasteiger partial charge in [0.15, 0.2) is 11.7 Å². The van der Waals surface area contributed by atoms with E-state index in [1.54, 1.807) is 19.2 Å². The summed E-state index contributed by atoms with van der Waals surface area (Å²) in [5.74, 6) is 0.385. The third-order valence-electron chi connectivity index (χ3n) is 5.51. The molecule has 32 heavy (non-hydrogen) atoms. The number of benzene rings is 1. The number of fused-ring (bicyclic) bond motifs is 1. The van der Waals surface area contributed by atoms with E-state index >= 15 is 0 Å². The van der Waals surface area contributed by atoms with Gasteiger partial charge in [-0.3, -0.25) is 4.79 Å². The van der Waals surface area contributed by atoms with Gasteiger partial charge in [0.05, 0.1) is 34.6 Å². The lowest BCUT2D eigenvalue weighted by molar-refractivity contribution is 0.245. The number of nitrogens with one attached hydrogen (secondary N) is 1. The Bertz CT molecular complexity index is 1380. The second-order valence-electron chi connectivity index (χ2n) is 8.03. The number of aromatic nitrogens is 3. The van der Waals surface area contributed by atoms with Gasteiger partial charge < -0.3 is 9.73 Å². The molecule has 1 unspecified atom stereocenters. The van der Waals surface area contributed by atoms with E-state index in [2.05, 4.69) is 15.4 Å². The largest absolute Gasteiger partial charge is 0.455 e. The highest BCUT2D eigenvalue weighted by Crippen LogP contribution is 2.32. The molecule has 4 rings (SSSR count). The Hall–Kier alpha value is -3.19. The first-order valence-electron chi connectivity index (χ1n) is 10.3. The van der Waals surface area contributed by atoms with Crippen molar-refractivity contribution in [1.29, 1.82) is 0 Å². The zero-order chi connectivity index (χ0) is 23.2. The van der Waals surface area contributed by atoms with Crippen molar-refractivity contribution in [3.8, 4) is 11.3 Å². The standard InChI is InChI=1S/C24H24ClFN4O2/c1-12-8-18(14(3)28-20-6-7-21(25)29-15(20)4)24-19(9-12)22(31)13(2)23(32-24)17-10-27-30(11-17)16(5)26/h6-11,14,16,28H,1-5H3/t14-,16?/m1/s1. The predicted molar refractivity (Wildman–Crippen MR) is 125 cm³/mol. The number of rotatable bonds is 5. The molecule has 6 nitrogen and oxygen atoms in total. The quantitative estimate of drug-likeness (QED) is 0.358. The van der Waals surface area contributed by atoms with Crippen LogP contribution >= 0.6 is 11.6 Å². The number of hydrogen-bond donors (Lipinski definition) is 1. The van der Waals surface area contributed by atoms with Crippen molar-refractivity contribution < 1.29 is 8.81 Å². The summed E-state index contributed by atoms with van der Waals surface area (Å²) in [6.45, 7) is 8.91. The van der Waals surface area contributed by atoms with E-state index in [1.165, 1.54) is 17.8 Å². The molecule has 8 heteroatoms. The minimum atomic E-state index is -1.28. The third-order valence-corrected chi connectivity index (χ3v) is 5.72. The molecule has 166 valence electrons. The molecular formula is C24H24ClFN4O2. The van der Waals surface area contributed by atoms with E-state index in [4.69, 9.17) is 16.0 Å². The number of hydrogen-bond acceptors (Lipinski definition) is 5. The van der Waals surface area contributed by atoms with Crippen LogP contribution in [0.5, 0.6) is 0 Å². The minimum Gasteiger partial charge on any atom is -0.455 e. The highest BCUT2D eigenvalue weighted by molar-refractivity contribution is 6.29. The number of halogens is 2. The summed E-state index contributed by atoms with van der Waals surface area (Å²) in [4.78, 5) is 17.5. The zero-order valence-electron chi connectivity index (χ0n) is 18.5. The fourth-order valence-corrected chi connectivity index (χ4v) is 4.00. The van der Waals surface area contributed by atoms with Gasteiger partial charge in [-0.1, -0.05) is 17.7 Å². The number of anilines is 1. The van der Waals surface area contributed by atoms with E-state index in [0.29, 0.717) is 33.0 Å². The summed E-state index contributed by atoms with van der Waals surface area (Å²) in [7, 11) is 0. The normalized spacial score (nSPS) is 13.3. The molecule has 0 aliphatic carbocycles. The van der Waals surface area contributed by atoms with Crippen LogP contribution in [0.15, 0.2) is 45.9 Å². The highest BCUT2D eigenvalue weighted by atomic mass is 35.5. The second-order valence-corrected chi connectivity index (χ2v) is 8.42. The second kappa shape index (κ2) is 8.39. The number of aryl methyl sites for hydroxylation is 2. The van der Waals surface area contributed by atoms with E-state index in [0.717, 1.165) is 22.5 Å². The molecule has 1 aromatic carbocycles. The Labute approximate surface area is 190 Å². The third kappa shape index (κ3) is 4.00. The lowest BCUT2D eigenvalue weighted by atomic mass is 9.99. The fourth-order valence-electron chi connectivity index (χ4n) is 3.81. The van der Waals surface area contributed by atoms with Crippen LogP contribution < -0.4 is 10.7 Å².